The predicted octanol–water partition coefficient (Wildman–Crippen LogP) is 1.60. The highest BCUT2D eigenvalue weighted by Crippen LogP contribution is 2.15. The minimum absolute atomic E-state index is 0.495. The summed E-state index contributed by atoms with van der Waals surface area (Å²) in [5, 5.41) is 7.95. The van der Waals surface area contributed by atoms with Crippen LogP contribution in [0.25, 0.3) is 11.3 Å². The molecule has 0 fully saturated rings. The van der Waals surface area contributed by atoms with Gasteiger partial charge in [0.2, 0.25) is 0 Å². The van der Waals surface area contributed by atoms with Crippen molar-refractivity contribution in [3.05, 3.63) is 48.2 Å². The molecule has 1 aromatic carbocycles. The van der Waals surface area contributed by atoms with Gasteiger partial charge in [-0.3, -0.25) is 0 Å². The van der Waals surface area contributed by atoms with Crippen molar-refractivity contribution in [2.75, 3.05) is 0 Å². The monoisotopic (exact) mass is 185 g/mol. The molecule has 2 N–H and O–H groups in total. The van der Waals surface area contributed by atoms with Gasteiger partial charge in [-0.2, -0.15) is 10.2 Å². The van der Waals surface area contributed by atoms with Crippen molar-refractivity contribution in [3.8, 4) is 11.3 Å². The van der Waals surface area contributed by atoms with Crippen molar-refractivity contribution >= 4 is 0 Å². The molecule has 14 heavy (non-hydrogen) atoms. The van der Waals surface area contributed by atoms with Crippen molar-refractivity contribution in [1.29, 1.82) is 0 Å². The maximum Gasteiger partial charge on any atom is 0.0932 e. The molecule has 3 nitrogen and oxygen atoms in total. The smallest absolute Gasteiger partial charge is 0.0932 e. The third-order valence-electron chi connectivity index (χ3n) is 2.02. The molecule has 1 aromatic heterocycles. The standard InChI is InChI=1S/C11H11N3/c12-7-9-6-11(14-13-8-9)10-4-2-1-3-5-10/h1-6,8H,7,12H2. The van der Waals surface area contributed by atoms with Crippen molar-refractivity contribution in [2.45, 2.75) is 6.54 Å². The Labute approximate surface area is 82.6 Å². The van der Waals surface area contributed by atoms with E-state index in [0.29, 0.717) is 6.54 Å². The lowest BCUT2D eigenvalue weighted by atomic mass is 10.1. The van der Waals surface area contributed by atoms with Gasteiger partial charge < -0.3 is 5.73 Å². The Morgan fingerprint density at radius 1 is 1.14 bits per heavy atom. The van der Waals surface area contributed by atoms with Crippen LogP contribution in [-0.4, -0.2) is 10.2 Å². The van der Waals surface area contributed by atoms with E-state index in [2.05, 4.69) is 10.2 Å². The van der Waals surface area contributed by atoms with Gasteiger partial charge in [0.25, 0.3) is 0 Å². The van der Waals surface area contributed by atoms with E-state index in [-0.39, 0.29) is 0 Å². The molecule has 3 heteroatoms. The second-order valence-corrected chi connectivity index (χ2v) is 3.02. The van der Waals surface area contributed by atoms with Crippen molar-refractivity contribution in [2.24, 2.45) is 5.73 Å². The maximum absolute atomic E-state index is 5.53. The molecule has 0 aliphatic carbocycles. The topological polar surface area (TPSA) is 51.8 Å². The summed E-state index contributed by atoms with van der Waals surface area (Å²) >= 11 is 0. The van der Waals surface area contributed by atoms with Gasteiger partial charge in [-0.15, -0.1) is 0 Å². The van der Waals surface area contributed by atoms with Crippen LogP contribution >= 0.6 is 0 Å². The van der Waals surface area contributed by atoms with E-state index in [1.165, 1.54) is 0 Å². The van der Waals surface area contributed by atoms with Crippen molar-refractivity contribution in [1.82, 2.24) is 10.2 Å². The Balaban J connectivity index is 2.42. The summed E-state index contributed by atoms with van der Waals surface area (Å²) in [5.41, 5.74) is 8.46. The summed E-state index contributed by atoms with van der Waals surface area (Å²) in [4.78, 5) is 0. The van der Waals surface area contributed by atoms with Gasteiger partial charge in [0.05, 0.1) is 11.9 Å². The molecule has 0 radical (unpaired) electrons. The average molecular weight is 185 g/mol. The van der Waals surface area contributed by atoms with Gasteiger partial charge >= 0.3 is 0 Å². The summed E-state index contributed by atoms with van der Waals surface area (Å²) in [6.07, 6.45) is 1.69. The first-order valence-corrected chi connectivity index (χ1v) is 4.47. The van der Waals surface area contributed by atoms with Crippen molar-refractivity contribution in [3.63, 3.8) is 0 Å². The van der Waals surface area contributed by atoms with Gasteiger partial charge in [0, 0.05) is 12.1 Å². The van der Waals surface area contributed by atoms with Gasteiger partial charge in [-0.25, -0.2) is 0 Å². The first-order valence-electron chi connectivity index (χ1n) is 4.47. The fourth-order valence-corrected chi connectivity index (χ4v) is 1.27. The molecule has 0 amide bonds. The predicted molar refractivity (Wildman–Crippen MR) is 55.4 cm³/mol. The van der Waals surface area contributed by atoms with Crippen LogP contribution in [0.1, 0.15) is 5.56 Å². The normalized spacial score (nSPS) is 10.1. The molecular weight excluding hydrogens is 174 g/mol. The Morgan fingerprint density at radius 2 is 1.93 bits per heavy atom. The molecule has 0 spiro atoms. The number of nitrogens with two attached hydrogens (primary N) is 1. The molecule has 2 rings (SSSR count). The molecule has 0 saturated heterocycles. The molecule has 1 heterocycles. The van der Waals surface area contributed by atoms with E-state index >= 15 is 0 Å². The first kappa shape index (κ1) is 8.84. The van der Waals surface area contributed by atoms with E-state index in [1.54, 1.807) is 6.20 Å². The minimum atomic E-state index is 0.495. The van der Waals surface area contributed by atoms with Crippen LogP contribution in [0.3, 0.4) is 0 Å². The largest absolute Gasteiger partial charge is 0.326 e. The zero-order valence-electron chi connectivity index (χ0n) is 7.72. The molecule has 0 aliphatic rings. The molecule has 0 bridgehead atoms. The average Bonchev–Trinajstić information content (AvgIpc) is 2.30. The second-order valence-electron chi connectivity index (χ2n) is 3.02. The maximum atomic E-state index is 5.53. The first-order chi connectivity index (χ1) is 6.90. The fraction of sp³-hybridized carbons (Fsp3) is 0.0909. The van der Waals surface area contributed by atoms with Crippen molar-refractivity contribution < 1.29 is 0 Å². The number of nitrogens with zero attached hydrogens (tertiary/aromatic N) is 2. The molecule has 70 valence electrons. The molecule has 2 aromatic rings. The summed E-state index contributed by atoms with van der Waals surface area (Å²) in [7, 11) is 0. The SMILES string of the molecule is NCc1cnnc(-c2ccccc2)c1. The van der Waals surface area contributed by atoms with Crippen LogP contribution in [0.5, 0.6) is 0 Å². The third kappa shape index (κ3) is 1.78. The number of hydrogen-bond acceptors (Lipinski definition) is 3. The van der Waals surface area contributed by atoms with Crippen LogP contribution in [0.4, 0.5) is 0 Å². The zero-order valence-corrected chi connectivity index (χ0v) is 7.72. The van der Waals surface area contributed by atoms with Crippen LogP contribution in [0, 0.1) is 0 Å². The van der Waals surface area contributed by atoms with E-state index in [4.69, 9.17) is 5.73 Å². The molecule has 0 atom stereocenters. The highest BCUT2D eigenvalue weighted by molar-refractivity contribution is 5.58. The highest BCUT2D eigenvalue weighted by Gasteiger charge is 1.99. The lowest BCUT2D eigenvalue weighted by Gasteiger charge is -2.00. The van der Waals surface area contributed by atoms with E-state index in [1.807, 2.05) is 36.4 Å². The fourth-order valence-electron chi connectivity index (χ4n) is 1.27. The van der Waals surface area contributed by atoms with E-state index in [9.17, 15) is 0 Å². The van der Waals surface area contributed by atoms with Gasteiger partial charge in [0.15, 0.2) is 0 Å². The lowest BCUT2D eigenvalue weighted by Crippen LogP contribution is -1.98. The van der Waals surface area contributed by atoms with Crippen LogP contribution in [0.2, 0.25) is 0 Å². The summed E-state index contributed by atoms with van der Waals surface area (Å²) in [6, 6.07) is 11.9. The summed E-state index contributed by atoms with van der Waals surface area (Å²) in [5.74, 6) is 0. The molecule has 0 aliphatic heterocycles. The van der Waals surface area contributed by atoms with E-state index in [0.717, 1.165) is 16.8 Å². The van der Waals surface area contributed by atoms with Gasteiger partial charge in [0.1, 0.15) is 0 Å². The Bertz CT molecular complexity index is 412. The van der Waals surface area contributed by atoms with Gasteiger partial charge in [-0.1, -0.05) is 30.3 Å². The molecule has 0 unspecified atom stereocenters. The van der Waals surface area contributed by atoms with Crippen LogP contribution in [0.15, 0.2) is 42.6 Å². The number of hydrogen-bond donors (Lipinski definition) is 1. The number of aromatic nitrogens is 2. The third-order valence-corrected chi connectivity index (χ3v) is 2.02. The lowest BCUT2D eigenvalue weighted by molar-refractivity contribution is 0.971. The summed E-state index contributed by atoms with van der Waals surface area (Å²) in [6.45, 7) is 0.495. The van der Waals surface area contributed by atoms with E-state index < -0.39 is 0 Å². The molecule has 0 saturated carbocycles. The summed E-state index contributed by atoms with van der Waals surface area (Å²) < 4.78 is 0. The second kappa shape index (κ2) is 3.98. The Hall–Kier alpha value is -1.74. The molecular formula is C11H11N3. The number of benzene rings is 1. The van der Waals surface area contributed by atoms with Gasteiger partial charge in [-0.05, 0) is 11.6 Å². The highest BCUT2D eigenvalue weighted by atomic mass is 15.1. The van der Waals surface area contributed by atoms with Crippen LogP contribution < -0.4 is 5.73 Å². The quantitative estimate of drug-likeness (QED) is 0.773. The zero-order chi connectivity index (χ0) is 9.80. The Morgan fingerprint density at radius 3 is 2.64 bits per heavy atom. The van der Waals surface area contributed by atoms with Crippen LogP contribution in [-0.2, 0) is 6.54 Å². The minimum Gasteiger partial charge on any atom is -0.326 e. The Kier molecular flexibility index (Phi) is 2.51. The number of rotatable bonds is 2.